The van der Waals surface area contributed by atoms with Gasteiger partial charge in [-0.3, -0.25) is 0 Å². The largest absolute Gasteiger partial charge is 0.494 e. The van der Waals surface area contributed by atoms with E-state index >= 15 is 4.39 Å². The molecule has 202 valence electrons. The summed E-state index contributed by atoms with van der Waals surface area (Å²) >= 11 is 0. The van der Waals surface area contributed by atoms with E-state index in [-0.39, 0.29) is 11.7 Å². The van der Waals surface area contributed by atoms with Crippen LogP contribution in [0.1, 0.15) is 87.1 Å². The minimum absolute atomic E-state index is 0.0347. The predicted octanol–water partition coefficient (Wildman–Crippen LogP) is 9.24. The van der Waals surface area contributed by atoms with Crippen LogP contribution in [0.5, 0.6) is 11.5 Å². The van der Waals surface area contributed by atoms with E-state index in [9.17, 15) is 13.6 Å². The minimum atomic E-state index is -1.18. The molecular formula is C32H35F3O3. The third-order valence-corrected chi connectivity index (χ3v) is 7.46. The number of ether oxygens (including phenoxy) is 2. The van der Waals surface area contributed by atoms with Gasteiger partial charge in [-0.1, -0.05) is 50.8 Å². The van der Waals surface area contributed by atoms with Crippen molar-refractivity contribution in [3.63, 3.8) is 0 Å². The van der Waals surface area contributed by atoms with Gasteiger partial charge in [-0.2, -0.15) is 0 Å². The quantitative estimate of drug-likeness (QED) is 0.151. The molecule has 0 aliphatic heterocycles. The monoisotopic (exact) mass is 524 g/mol. The summed E-state index contributed by atoms with van der Waals surface area (Å²) in [6.07, 6.45) is 8.58. The molecule has 0 amide bonds. The number of unbranched alkanes of at least 4 members (excludes halogenated alkanes) is 2. The molecule has 0 unspecified atom stereocenters. The summed E-state index contributed by atoms with van der Waals surface area (Å²) in [5, 5.41) is 0. The fraction of sp³-hybridized carbons (Fsp3) is 0.406. The molecular weight excluding hydrogens is 489 g/mol. The van der Waals surface area contributed by atoms with E-state index < -0.39 is 29.0 Å². The zero-order valence-electron chi connectivity index (χ0n) is 22.1. The molecule has 3 nitrogen and oxygen atoms in total. The first-order valence-corrected chi connectivity index (χ1v) is 13.6. The number of esters is 1. The van der Waals surface area contributed by atoms with Gasteiger partial charge in [-0.25, -0.2) is 18.0 Å². The molecule has 3 aromatic rings. The number of hydrogen-bond acceptors (Lipinski definition) is 3. The highest BCUT2D eigenvalue weighted by Crippen LogP contribution is 2.39. The van der Waals surface area contributed by atoms with E-state index in [1.807, 2.05) is 6.92 Å². The SMILES string of the molecule is CCCCCC1CCC(c2ccc(C(=O)Oc3ccc(-c4ccc(OCC)cc4F)cc3)c(F)c2F)CC1. The fourth-order valence-corrected chi connectivity index (χ4v) is 5.33. The number of hydrogen-bond donors (Lipinski definition) is 0. The van der Waals surface area contributed by atoms with Crippen LogP contribution in [0.15, 0.2) is 54.6 Å². The predicted molar refractivity (Wildman–Crippen MR) is 143 cm³/mol. The van der Waals surface area contributed by atoms with E-state index in [1.54, 1.807) is 24.3 Å². The van der Waals surface area contributed by atoms with E-state index in [4.69, 9.17) is 9.47 Å². The van der Waals surface area contributed by atoms with Gasteiger partial charge in [-0.05, 0) is 85.9 Å². The van der Waals surface area contributed by atoms with Crippen molar-refractivity contribution in [2.45, 2.75) is 71.1 Å². The van der Waals surface area contributed by atoms with Gasteiger partial charge in [0.05, 0.1) is 12.2 Å². The van der Waals surface area contributed by atoms with Gasteiger partial charge < -0.3 is 9.47 Å². The highest BCUT2D eigenvalue weighted by Gasteiger charge is 2.28. The molecule has 6 heteroatoms. The molecule has 3 aromatic carbocycles. The number of halogens is 3. The molecule has 0 radical (unpaired) electrons. The molecule has 0 heterocycles. The van der Waals surface area contributed by atoms with E-state index in [2.05, 4.69) is 6.92 Å². The summed E-state index contributed by atoms with van der Waals surface area (Å²) in [7, 11) is 0. The first-order valence-electron chi connectivity index (χ1n) is 13.6. The van der Waals surface area contributed by atoms with Crippen molar-refractivity contribution in [2.75, 3.05) is 6.61 Å². The van der Waals surface area contributed by atoms with Gasteiger partial charge in [0.2, 0.25) is 0 Å². The van der Waals surface area contributed by atoms with Crippen LogP contribution < -0.4 is 9.47 Å². The topological polar surface area (TPSA) is 35.5 Å². The molecule has 0 bridgehead atoms. The van der Waals surface area contributed by atoms with Crippen LogP contribution in [0, 0.1) is 23.4 Å². The maximum atomic E-state index is 15.0. The Kier molecular flexibility index (Phi) is 9.48. The summed E-state index contributed by atoms with van der Waals surface area (Å²) in [5.41, 5.74) is 0.839. The van der Waals surface area contributed by atoms with E-state index in [0.29, 0.717) is 35.0 Å². The minimum Gasteiger partial charge on any atom is -0.494 e. The number of benzene rings is 3. The van der Waals surface area contributed by atoms with E-state index in [0.717, 1.165) is 25.7 Å². The van der Waals surface area contributed by atoms with Crippen LogP contribution in [0.3, 0.4) is 0 Å². The maximum absolute atomic E-state index is 15.0. The Morgan fingerprint density at radius 1 is 0.842 bits per heavy atom. The van der Waals surface area contributed by atoms with Gasteiger partial charge in [0, 0.05) is 11.6 Å². The van der Waals surface area contributed by atoms with Gasteiger partial charge in [-0.15, -0.1) is 0 Å². The Morgan fingerprint density at radius 3 is 2.21 bits per heavy atom. The first-order chi connectivity index (χ1) is 18.4. The summed E-state index contributed by atoms with van der Waals surface area (Å²) < 4.78 is 55.0. The maximum Gasteiger partial charge on any atom is 0.346 e. The highest BCUT2D eigenvalue weighted by atomic mass is 19.2. The van der Waals surface area contributed by atoms with E-state index in [1.165, 1.54) is 56.0 Å². The third kappa shape index (κ3) is 6.58. The van der Waals surface area contributed by atoms with Crippen molar-refractivity contribution in [1.29, 1.82) is 0 Å². The van der Waals surface area contributed by atoms with Crippen LogP contribution in [0.2, 0.25) is 0 Å². The molecule has 0 aromatic heterocycles. The lowest BCUT2D eigenvalue weighted by Gasteiger charge is -2.29. The van der Waals surface area contributed by atoms with Gasteiger partial charge in [0.15, 0.2) is 11.6 Å². The molecule has 1 fully saturated rings. The fourth-order valence-electron chi connectivity index (χ4n) is 5.33. The Labute approximate surface area is 223 Å². The molecule has 0 saturated heterocycles. The number of rotatable bonds is 10. The van der Waals surface area contributed by atoms with Crippen molar-refractivity contribution < 1.29 is 27.4 Å². The molecule has 0 atom stereocenters. The van der Waals surface area contributed by atoms with Gasteiger partial charge >= 0.3 is 5.97 Å². The summed E-state index contributed by atoms with van der Waals surface area (Å²) in [4.78, 5) is 12.6. The lowest BCUT2D eigenvalue weighted by Crippen LogP contribution is -2.17. The van der Waals surface area contributed by atoms with Crippen LogP contribution in [0.25, 0.3) is 11.1 Å². The van der Waals surface area contributed by atoms with Crippen LogP contribution in [0.4, 0.5) is 13.2 Å². The smallest absolute Gasteiger partial charge is 0.346 e. The zero-order valence-corrected chi connectivity index (χ0v) is 22.1. The second-order valence-electron chi connectivity index (χ2n) is 10.0. The summed E-state index contributed by atoms with van der Waals surface area (Å²) in [5.74, 6) is -2.34. The molecule has 1 aliphatic rings. The second kappa shape index (κ2) is 13.0. The lowest BCUT2D eigenvalue weighted by molar-refractivity contribution is 0.0728. The lowest BCUT2D eigenvalue weighted by atomic mass is 9.76. The Hall–Kier alpha value is -3.28. The van der Waals surface area contributed by atoms with Crippen LogP contribution in [-0.4, -0.2) is 12.6 Å². The standard InChI is InChI=1S/C32H35F3O3/c1-3-5-6-7-21-8-10-23(11-9-21)27-18-19-28(31(35)30(27)34)32(36)38-24-14-12-22(13-15-24)26-17-16-25(37-4-2)20-29(26)33/h12-21,23H,3-11H2,1-2H3. The molecule has 0 N–H and O–H groups in total. The molecule has 4 rings (SSSR count). The average molecular weight is 525 g/mol. The second-order valence-corrected chi connectivity index (χ2v) is 10.0. The van der Waals surface area contributed by atoms with Crippen LogP contribution in [-0.2, 0) is 0 Å². The molecule has 38 heavy (non-hydrogen) atoms. The highest BCUT2D eigenvalue weighted by molar-refractivity contribution is 5.91. The van der Waals surface area contributed by atoms with Gasteiger partial charge in [0.25, 0.3) is 0 Å². The number of carbonyl (C=O) groups excluding carboxylic acids is 1. The third-order valence-electron chi connectivity index (χ3n) is 7.46. The molecule has 0 spiro atoms. The van der Waals surface area contributed by atoms with Crippen molar-refractivity contribution in [2.24, 2.45) is 5.92 Å². The van der Waals surface area contributed by atoms with Gasteiger partial charge in [0.1, 0.15) is 17.3 Å². The average Bonchev–Trinajstić information content (AvgIpc) is 2.92. The zero-order chi connectivity index (χ0) is 27.1. The Morgan fingerprint density at radius 2 is 1.55 bits per heavy atom. The van der Waals surface area contributed by atoms with Crippen molar-refractivity contribution in [3.8, 4) is 22.6 Å². The molecule has 1 aliphatic carbocycles. The Bertz CT molecular complexity index is 1230. The number of carbonyl (C=O) groups is 1. The van der Waals surface area contributed by atoms with Crippen molar-refractivity contribution >= 4 is 5.97 Å². The summed E-state index contributed by atoms with van der Waals surface area (Å²) in [6, 6.07) is 13.6. The van der Waals surface area contributed by atoms with Crippen molar-refractivity contribution in [3.05, 3.63) is 83.2 Å². The Balaban J connectivity index is 1.39. The normalized spacial score (nSPS) is 17.3. The first kappa shape index (κ1) is 27.7. The van der Waals surface area contributed by atoms with Crippen LogP contribution >= 0.6 is 0 Å². The summed E-state index contributed by atoms with van der Waals surface area (Å²) in [6.45, 7) is 4.45. The van der Waals surface area contributed by atoms with Crippen molar-refractivity contribution in [1.82, 2.24) is 0 Å². The molecule has 1 saturated carbocycles.